The van der Waals surface area contributed by atoms with Gasteiger partial charge in [0.1, 0.15) is 28.8 Å². The van der Waals surface area contributed by atoms with Crippen molar-refractivity contribution in [2.24, 2.45) is 0 Å². The van der Waals surface area contributed by atoms with E-state index in [1.54, 1.807) is 26.0 Å². The van der Waals surface area contributed by atoms with Crippen LogP contribution in [0.4, 0.5) is 33.3 Å². The first-order valence-electron chi connectivity index (χ1n) is 19.5. The summed E-state index contributed by atoms with van der Waals surface area (Å²) in [5, 5.41) is 0.376. The molecule has 0 atom stereocenters. The molecule has 65 heavy (non-hydrogen) atoms. The fraction of sp³-hybridized carbons (Fsp3) is 0.174. The number of esters is 2. The second-order valence-corrected chi connectivity index (χ2v) is 14.6. The van der Waals surface area contributed by atoms with Crippen LogP contribution >= 0.6 is 11.6 Å². The summed E-state index contributed by atoms with van der Waals surface area (Å²) in [4.78, 5) is 82.2. The van der Waals surface area contributed by atoms with Gasteiger partial charge in [-0.15, -0.1) is 0 Å². The van der Waals surface area contributed by atoms with E-state index in [9.17, 15) is 46.3 Å². The van der Waals surface area contributed by atoms with Gasteiger partial charge in [0.25, 0.3) is 23.6 Å². The van der Waals surface area contributed by atoms with Gasteiger partial charge >= 0.3 is 25.2 Å². The van der Waals surface area contributed by atoms with E-state index in [1.807, 2.05) is 0 Å². The molecule has 2 heterocycles. The fourth-order valence-corrected chi connectivity index (χ4v) is 8.15. The molecule has 332 valence electrons. The van der Waals surface area contributed by atoms with E-state index in [1.165, 1.54) is 60.7 Å². The van der Waals surface area contributed by atoms with Gasteiger partial charge in [-0.3, -0.25) is 28.8 Å². The summed E-state index contributed by atoms with van der Waals surface area (Å²) >= 11 is 6.53. The number of carbonyl (C=O) groups is 6. The third-order valence-electron chi connectivity index (χ3n) is 10.3. The van der Waals surface area contributed by atoms with Crippen LogP contribution in [0.15, 0.2) is 84.9 Å². The van der Waals surface area contributed by atoms with Crippen molar-refractivity contribution in [2.75, 3.05) is 23.0 Å². The Kier molecular flexibility index (Phi) is 11.9. The predicted octanol–water partition coefficient (Wildman–Crippen LogP) is 9.24. The Morgan fingerprint density at radius 1 is 0.554 bits per heavy atom. The summed E-state index contributed by atoms with van der Waals surface area (Å²) in [7, 11) is 0. The first kappa shape index (κ1) is 44.0. The molecule has 0 unspecified atom stereocenters. The maximum atomic E-state index is 15.8. The second kappa shape index (κ2) is 17.5. The highest BCUT2D eigenvalue weighted by Gasteiger charge is 2.46. The lowest BCUT2D eigenvalue weighted by molar-refractivity contribution is -0.158. The Morgan fingerprint density at radius 2 is 0.923 bits per heavy atom. The Labute approximate surface area is 368 Å². The highest BCUT2D eigenvalue weighted by atomic mass is 35.5. The van der Waals surface area contributed by atoms with Gasteiger partial charge in [0.05, 0.1) is 64.7 Å². The minimum atomic E-state index is -3.39. The van der Waals surface area contributed by atoms with Crippen molar-refractivity contribution in [1.82, 2.24) is 0 Å². The van der Waals surface area contributed by atoms with E-state index >= 15 is 4.39 Å². The monoisotopic (exact) mass is 916 g/mol. The quantitative estimate of drug-likeness (QED) is 0.0445. The number of nitrogens with zero attached hydrogens (tertiary/aromatic N) is 2. The lowest BCUT2D eigenvalue weighted by Gasteiger charge is -2.16. The van der Waals surface area contributed by atoms with E-state index in [2.05, 4.69) is 0 Å². The van der Waals surface area contributed by atoms with Crippen molar-refractivity contribution in [3.63, 3.8) is 0 Å². The molecule has 4 amide bonds. The smallest absolute Gasteiger partial charge is 0.387 e. The molecular weight excluding hydrogens is 887 g/mol. The van der Waals surface area contributed by atoms with Gasteiger partial charge in [0.2, 0.25) is 0 Å². The van der Waals surface area contributed by atoms with Crippen LogP contribution in [0.5, 0.6) is 23.0 Å². The van der Waals surface area contributed by atoms with Crippen molar-refractivity contribution in [3.05, 3.63) is 129 Å². The molecule has 0 bridgehead atoms. The van der Waals surface area contributed by atoms with E-state index in [0.29, 0.717) is 9.80 Å². The lowest BCUT2D eigenvalue weighted by atomic mass is 9.99. The average molecular weight is 917 g/mol. The number of halogens is 6. The van der Waals surface area contributed by atoms with Crippen LogP contribution in [-0.4, -0.2) is 62.0 Å². The van der Waals surface area contributed by atoms with Crippen LogP contribution in [0, 0.1) is 5.82 Å². The second-order valence-electron chi connectivity index (χ2n) is 14.2. The number of hydrogen-bond donors (Lipinski definition) is 0. The SMILES string of the molecule is CCOc1c2c(c(OC(F)F)c3ccccc13)C(=O)N(c1ccc(CC(=O)OC(=O)Cc3ccc(N4C(=O)c5c(c(OC(F)F)c6ccccc6c5OCC)C4=O)c(Cl)c3)cc1F)C2=O. The standard InChI is InChI=1S/C46H30ClF5N2O11/c1-3-61-37-23-9-5-7-11-25(23)39(64-45(49)50)35-33(37)41(57)53(43(35)59)29-15-13-21(17-27(29)47)19-31(55)63-32(56)20-22-14-16-30(28(48)18-22)54-42(58)34-36(44(54)60)40(65-46(51)52)26-12-8-6-10-24(26)38(34)62-4-2/h5-18,45-46H,3-4,19-20H2,1-2H3. The van der Waals surface area contributed by atoms with Crippen LogP contribution in [0.1, 0.15) is 66.4 Å². The zero-order valence-electron chi connectivity index (χ0n) is 33.7. The first-order chi connectivity index (χ1) is 31.1. The Hall–Kier alpha value is -7.60. The maximum absolute atomic E-state index is 15.8. The van der Waals surface area contributed by atoms with Crippen LogP contribution < -0.4 is 28.7 Å². The van der Waals surface area contributed by atoms with Crippen LogP contribution in [-0.2, 0) is 27.2 Å². The summed E-state index contributed by atoms with van der Waals surface area (Å²) < 4.78 is 96.2. The largest absolute Gasteiger partial charge is 0.492 e. The van der Waals surface area contributed by atoms with Crippen molar-refractivity contribution < 1.29 is 74.4 Å². The van der Waals surface area contributed by atoms with Gasteiger partial charge in [-0.2, -0.15) is 17.6 Å². The predicted molar refractivity (Wildman–Crippen MR) is 222 cm³/mol. The molecule has 6 aromatic carbocycles. The number of fused-ring (bicyclic) bond motifs is 4. The Bertz CT molecular complexity index is 2830. The van der Waals surface area contributed by atoms with Gasteiger partial charge in [-0.05, 0) is 49.2 Å². The van der Waals surface area contributed by atoms with Gasteiger partial charge in [-0.25, -0.2) is 14.2 Å². The number of amides is 4. The first-order valence-corrected chi connectivity index (χ1v) is 19.9. The van der Waals surface area contributed by atoms with Crippen LogP contribution in [0.2, 0.25) is 5.02 Å². The molecule has 2 aliphatic heterocycles. The van der Waals surface area contributed by atoms with E-state index in [4.69, 9.17) is 35.3 Å². The number of imide groups is 2. The van der Waals surface area contributed by atoms with Gasteiger partial charge in [0.15, 0.2) is 0 Å². The van der Waals surface area contributed by atoms with Crippen molar-refractivity contribution in [3.8, 4) is 23.0 Å². The summed E-state index contributed by atoms with van der Waals surface area (Å²) in [6, 6.07) is 18.8. The normalized spacial score (nSPS) is 13.3. The highest BCUT2D eigenvalue weighted by Crippen LogP contribution is 2.49. The molecule has 0 aliphatic carbocycles. The molecule has 19 heteroatoms. The molecule has 0 saturated heterocycles. The molecular formula is C46H30ClF5N2O11. The van der Waals surface area contributed by atoms with Crippen LogP contribution in [0.3, 0.4) is 0 Å². The number of benzene rings is 6. The van der Waals surface area contributed by atoms with E-state index < -0.39 is 101 Å². The molecule has 0 radical (unpaired) electrons. The van der Waals surface area contributed by atoms with E-state index in [-0.39, 0.29) is 73.7 Å². The number of ether oxygens (including phenoxy) is 5. The third-order valence-corrected chi connectivity index (χ3v) is 10.6. The molecule has 0 N–H and O–H groups in total. The molecule has 8 rings (SSSR count). The highest BCUT2D eigenvalue weighted by molar-refractivity contribution is 6.42. The molecule has 0 saturated carbocycles. The number of alkyl halides is 4. The summed E-state index contributed by atoms with van der Waals surface area (Å²) in [5.74, 6) is -8.82. The molecule has 6 aromatic rings. The number of hydrogen-bond acceptors (Lipinski definition) is 11. The zero-order chi connectivity index (χ0) is 46.4. The topological polar surface area (TPSA) is 155 Å². The molecule has 13 nitrogen and oxygen atoms in total. The molecule has 0 aromatic heterocycles. The minimum Gasteiger partial charge on any atom is -0.492 e. The summed E-state index contributed by atoms with van der Waals surface area (Å²) in [6.07, 6.45) is -1.21. The fourth-order valence-electron chi connectivity index (χ4n) is 7.86. The van der Waals surface area contributed by atoms with Crippen LogP contribution in [0.25, 0.3) is 21.5 Å². The zero-order valence-corrected chi connectivity index (χ0v) is 34.5. The van der Waals surface area contributed by atoms with Gasteiger partial charge in [-0.1, -0.05) is 72.3 Å². The third kappa shape index (κ3) is 7.79. The van der Waals surface area contributed by atoms with Gasteiger partial charge < -0.3 is 23.7 Å². The van der Waals surface area contributed by atoms with Crippen molar-refractivity contribution >= 4 is 80.1 Å². The van der Waals surface area contributed by atoms with Crippen molar-refractivity contribution in [1.29, 1.82) is 0 Å². The molecule has 2 aliphatic rings. The number of carbonyl (C=O) groups excluding carboxylic acids is 6. The average Bonchev–Trinajstić information content (AvgIpc) is 3.66. The van der Waals surface area contributed by atoms with Crippen molar-refractivity contribution in [2.45, 2.75) is 39.9 Å². The Balaban J connectivity index is 0.974. The summed E-state index contributed by atoms with van der Waals surface area (Å²) in [5.41, 5.74) is -2.36. The number of rotatable bonds is 14. The summed E-state index contributed by atoms with van der Waals surface area (Å²) in [6.45, 7) is -3.42. The maximum Gasteiger partial charge on any atom is 0.387 e. The molecule has 0 spiro atoms. The number of anilines is 2. The minimum absolute atomic E-state index is 0.0217. The van der Waals surface area contributed by atoms with Gasteiger partial charge in [0, 0.05) is 21.5 Å². The molecule has 0 fully saturated rings. The van der Waals surface area contributed by atoms with E-state index in [0.717, 1.165) is 12.1 Å². The lowest BCUT2D eigenvalue weighted by Crippen LogP contribution is -2.30. The Morgan fingerprint density at radius 3 is 1.31 bits per heavy atom.